The topological polar surface area (TPSA) is 110 Å². The molecule has 1 saturated carbocycles. The Morgan fingerprint density at radius 2 is 1.89 bits per heavy atom. The highest BCUT2D eigenvalue weighted by molar-refractivity contribution is 5.97. The van der Waals surface area contributed by atoms with E-state index in [2.05, 4.69) is 16.0 Å². The van der Waals surface area contributed by atoms with Crippen LogP contribution in [0.2, 0.25) is 0 Å². The summed E-state index contributed by atoms with van der Waals surface area (Å²) in [5, 5.41) is 8.38. The average Bonchev–Trinajstić information content (AvgIpc) is 3.29. The molecule has 0 unspecified atom stereocenters. The molecule has 0 saturated heterocycles. The summed E-state index contributed by atoms with van der Waals surface area (Å²) < 4.78 is 10.2. The van der Waals surface area contributed by atoms with Gasteiger partial charge in [0.05, 0.1) is 11.8 Å². The summed E-state index contributed by atoms with van der Waals surface area (Å²) in [6, 6.07) is 0.607. The van der Waals surface area contributed by atoms with Crippen LogP contribution in [0.3, 0.4) is 0 Å². The number of furan rings is 1. The third-order valence-corrected chi connectivity index (χ3v) is 4.69. The minimum atomic E-state index is -0.715. The molecule has 28 heavy (non-hydrogen) atoms. The second-order valence-corrected chi connectivity index (χ2v) is 8.25. The fraction of sp³-hybridized carbons (Fsp3) is 0.650. The van der Waals surface area contributed by atoms with Crippen molar-refractivity contribution in [1.29, 1.82) is 0 Å². The quantitative estimate of drug-likeness (QED) is 0.660. The normalized spacial score (nSPS) is 16.9. The van der Waals surface area contributed by atoms with E-state index in [1.807, 2.05) is 0 Å². The van der Waals surface area contributed by atoms with E-state index in [9.17, 15) is 14.4 Å². The van der Waals surface area contributed by atoms with Crippen molar-refractivity contribution in [2.45, 2.75) is 71.1 Å². The molecule has 8 heteroatoms. The average molecular weight is 393 g/mol. The maximum atomic E-state index is 12.6. The molecule has 0 bridgehead atoms. The molecular formula is C20H31N3O5. The summed E-state index contributed by atoms with van der Waals surface area (Å²) in [4.78, 5) is 36.6. The summed E-state index contributed by atoms with van der Waals surface area (Å²) in [5.41, 5.74) is -0.221. The van der Waals surface area contributed by atoms with Gasteiger partial charge in [-0.3, -0.25) is 9.59 Å². The minimum absolute atomic E-state index is 0.212. The Labute approximate surface area is 165 Å². The van der Waals surface area contributed by atoms with Gasteiger partial charge in [-0.15, -0.1) is 0 Å². The van der Waals surface area contributed by atoms with Gasteiger partial charge in [0, 0.05) is 12.6 Å². The maximum Gasteiger partial charge on any atom is 0.407 e. The van der Waals surface area contributed by atoms with E-state index in [4.69, 9.17) is 9.15 Å². The maximum absolute atomic E-state index is 12.6. The second-order valence-electron chi connectivity index (χ2n) is 8.25. The number of hydrogen-bond donors (Lipinski definition) is 3. The Morgan fingerprint density at radius 1 is 1.21 bits per heavy atom. The van der Waals surface area contributed by atoms with E-state index in [1.54, 1.807) is 27.7 Å². The SMILES string of the molecule is C[C@@H](NC(=O)c1ccoc1)C(=O)N[C@H](CNC(=O)OC(C)(C)C)C1CCCC1. The van der Waals surface area contributed by atoms with Gasteiger partial charge >= 0.3 is 6.09 Å². The first-order chi connectivity index (χ1) is 13.2. The zero-order valence-corrected chi connectivity index (χ0v) is 17.0. The van der Waals surface area contributed by atoms with E-state index in [1.165, 1.54) is 18.6 Å². The molecule has 0 radical (unpaired) electrons. The van der Waals surface area contributed by atoms with Crippen molar-refractivity contribution >= 4 is 17.9 Å². The van der Waals surface area contributed by atoms with Crippen molar-refractivity contribution in [2.24, 2.45) is 5.92 Å². The molecular weight excluding hydrogens is 362 g/mol. The minimum Gasteiger partial charge on any atom is -0.472 e. The lowest BCUT2D eigenvalue weighted by molar-refractivity contribution is -0.123. The van der Waals surface area contributed by atoms with Gasteiger partial charge in [0.15, 0.2) is 0 Å². The second kappa shape index (κ2) is 9.61. The molecule has 0 aliphatic heterocycles. The predicted molar refractivity (Wildman–Crippen MR) is 104 cm³/mol. The van der Waals surface area contributed by atoms with Crippen molar-refractivity contribution in [2.75, 3.05) is 6.54 Å². The lowest BCUT2D eigenvalue weighted by Gasteiger charge is -2.27. The molecule has 0 spiro atoms. The number of nitrogens with one attached hydrogen (secondary N) is 3. The summed E-state index contributed by atoms with van der Waals surface area (Å²) in [5.74, 6) is -0.379. The molecule has 1 heterocycles. The highest BCUT2D eigenvalue weighted by atomic mass is 16.6. The van der Waals surface area contributed by atoms with Crippen molar-refractivity contribution in [3.8, 4) is 0 Å². The Hall–Kier alpha value is -2.51. The molecule has 3 N–H and O–H groups in total. The molecule has 1 fully saturated rings. The van der Waals surface area contributed by atoms with Crippen molar-refractivity contribution in [3.63, 3.8) is 0 Å². The van der Waals surface area contributed by atoms with E-state index >= 15 is 0 Å². The highest BCUT2D eigenvalue weighted by Gasteiger charge is 2.29. The highest BCUT2D eigenvalue weighted by Crippen LogP contribution is 2.27. The number of rotatable bonds is 7. The van der Waals surface area contributed by atoms with Crippen LogP contribution < -0.4 is 16.0 Å². The molecule has 2 rings (SSSR count). The van der Waals surface area contributed by atoms with Crippen molar-refractivity contribution in [1.82, 2.24) is 16.0 Å². The van der Waals surface area contributed by atoms with Gasteiger partial charge in [-0.25, -0.2) is 4.79 Å². The van der Waals surface area contributed by atoms with Gasteiger partial charge in [0.1, 0.15) is 17.9 Å². The van der Waals surface area contributed by atoms with E-state index in [0.717, 1.165) is 25.7 Å². The largest absolute Gasteiger partial charge is 0.472 e. The van der Waals surface area contributed by atoms with Crippen LogP contribution >= 0.6 is 0 Å². The van der Waals surface area contributed by atoms with Crippen LogP contribution in [0.15, 0.2) is 23.0 Å². The summed E-state index contributed by atoms with van der Waals surface area (Å²) in [6.45, 7) is 7.31. The molecule has 1 aliphatic rings. The molecule has 2 atom stereocenters. The van der Waals surface area contributed by atoms with Crippen molar-refractivity contribution in [3.05, 3.63) is 24.2 Å². The van der Waals surface area contributed by atoms with Crippen LogP contribution in [0.25, 0.3) is 0 Å². The fourth-order valence-corrected chi connectivity index (χ4v) is 3.25. The van der Waals surface area contributed by atoms with Gasteiger partial charge in [-0.2, -0.15) is 0 Å². The van der Waals surface area contributed by atoms with Crippen LogP contribution in [0.5, 0.6) is 0 Å². The number of carbonyl (C=O) groups excluding carboxylic acids is 3. The van der Waals surface area contributed by atoms with Crippen LogP contribution in [0, 0.1) is 5.92 Å². The molecule has 0 aromatic carbocycles. The first-order valence-electron chi connectivity index (χ1n) is 9.76. The molecule has 1 aromatic heterocycles. The molecule has 156 valence electrons. The van der Waals surface area contributed by atoms with Gasteiger partial charge in [-0.1, -0.05) is 12.8 Å². The number of amides is 3. The Morgan fingerprint density at radius 3 is 2.46 bits per heavy atom. The molecule has 1 aromatic rings. The lowest BCUT2D eigenvalue weighted by Crippen LogP contribution is -2.53. The van der Waals surface area contributed by atoms with E-state index < -0.39 is 17.7 Å². The van der Waals surface area contributed by atoms with Crippen LogP contribution in [-0.2, 0) is 9.53 Å². The molecule has 3 amide bonds. The van der Waals surface area contributed by atoms with Crippen molar-refractivity contribution < 1.29 is 23.5 Å². The van der Waals surface area contributed by atoms with Gasteiger partial charge < -0.3 is 25.1 Å². The smallest absolute Gasteiger partial charge is 0.407 e. The van der Waals surface area contributed by atoms with Crippen LogP contribution in [0.1, 0.15) is 63.7 Å². The summed E-state index contributed by atoms with van der Waals surface area (Å²) in [6.07, 6.45) is 6.43. The first kappa shape index (κ1) is 21.8. The number of alkyl carbamates (subject to hydrolysis) is 1. The van der Waals surface area contributed by atoms with E-state index in [0.29, 0.717) is 5.56 Å². The van der Waals surface area contributed by atoms with Gasteiger partial charge in [0.2, 0.25) is 5.91 Å². The van der Waals surface area contributed by atoms with E-state index in [-0.39, 0.29) is 30.3 Å². The lowest BCUT2D eigenvalue weighted by atomic mass is 9.97. The first-order valence-corrected chi connectivity index (χ1v) is 9.76. The predicted octanol–water partition coefficient (Wildman–Crippen LogP) is 2.60. The van der Waals surface area contributed by atoms with Crippen LogP contribution in [0.4, 0.5) is 4.79 Å². The standard InChI is InChI=1S/C20H31N3O5/c1-13(22-18(25)15-9-10-27-12-15)17(24)23-16(14-7-5-6-8-14)11-21-19(26)28-20(2,3)4/h9-10,12-14,16H,5-8,11H2,1-4H3,(H,21,26)(H,22,25)(H,23,24)/t13-,16-/m1/s1. The number of hydrogen-bond acceptors (Lipinski definition) is 5. The number of ether oxygens (including phenoxy) is 1. The monoisotopic (exact) mass is 393 g/mol. The van der Waals surface area contributed by atoms with Crippen LogP contribution in [-0.4, -0.2) is 42.1 Å². The Kier molecular flexibility index (Phi) is 7.48. The Bertz CT molecular complexity index is 660. The number of carbonyl (C=O) groups is 3. The molecule has 1 aliphatic carbocycles. The Balaban J connectivity index is 1.90. The summed E-state index contributed by atoms with van der Waals surface area (Å²) in [7, 11) is 0. The fourth-order valence-electron chi connectivity index (χ4n) is 3.25. The zero-order chi connectivity index (χ0) is 20.7. The zero-order valence-electron chi connectivity index (χ0n) is 17.0. The summed E-state index contributed by atoms with van der Waals surface area (Å²) >= 11 is 0. The van der Waals surface area contributed by atoms with Gasteiger partial charge in [-0.05, 0) is 52.5 Å². The van der Waals surface area contributed by atoms with Gasteiger partial charge in [0.25, 0.3) is 5.91 Å². The third kappa shape index (κ3) is 6.90. The molecule has 8 nitrogen and oxygen atoms in total. The third-order valence-electron chi connectivity index (χ3n) is 4.69.